The molecule has 0 radical (unpaired) electrons. The minimum Gasteiger partial charge on any atom is -0.489 e. The first kappa shape index (κ1) is 15.9. The molecule has 1 aromatic rings. The molecule has 1 atom stereocenters. The normalized spacial score (nSPS) is 20.1. The van der Waals surface area contributed by atoms with Gasteiger partial charge in [-0.25, -0.2) is 0 Å². The molecule has 0 aliphatic carbocycles. The molecular weight excluding hydrogens is 299 g/mol. The van der Waals surface area contributed by atoms with Crippen molar-refractivity contribution in [2.24, 2.45) is 5.73 Å². The van der Waals surface area contributed by atoms with Gasteiger partial charge in [-0.15, -0.1) is 0 Å². The first-order valence-electron chi connectivity index (χ1n) is 6.78. The van der Waals surface area contributed by atoms with Crippen LogP contribution in [-0.4, -0.2) is 43.9 Å². The average molecular weight is 319 g/mol. The fourth-order valence-corrected chi connectivity index (χ4v) is 2.86. The predicted octanol–water partition coefficient (Wildman–Crippen LogP) is 2.55. The molecule has 112 valence electrons. The van der Waals surface area contributed by atoms with E-state index < -0.39 is 0 Å². The van der Waals surface area contributed by atoms with E-state index in [-0.39, 0.29) is 6.10 Å². The van der Waals surface area contributed by atoms with Gasteiger partial charge in [-0.1, -0.05) is 30.1 Å². The second-order valence-electron chi connectivity index (χ2n) is 4.78. The third kappa shape index (κ3) is 3.99. The molecule has 1 aliphatic rings. The van der Waals surface area contributed by atoms with E-state index in [1.165, 1.54) is 0 Å². The Labute approximate surface area is 129 Å². The van der Waals surface area contributed by atoms with Crippen molar-refractivity contribution >= 4 is 23.2 Å². The van der Waals surface area contributed by atoms with Gasteiger partial charge >= 0.3 is 0 Å². The molecule has 0 aromatic heterocycles. The highest BCUT2D eigenvalue weighted by atomic mass is 35.5. The number of nitrogens with two attached hydrogens (primary N) is 1. The number of ether oxygens (including phenoxy) is 2. The van der Waals surface area contributed by atoms with E-state index in [2.05, 4.69) is 11.8 Å². The second kappa shape index (κ2) is 7.48. The predicted molar refractivity (Wildman–Crippen MR) is 81.7 cm³/mol. The summed E-state index contributed by atoms with van der Waals surface area (Å²) >= 11 is 12.1. The van der Waals surface area contributed by atoms with Crippen molar-refractivity contribution in [1.82, 2.24) is 4.90 Å². The summed E-state index contributed by atoms with van der Waals surface area (Å²) in [5.41, 5.74) is 6.51. The van der Waals surface area contributed by atoms with Gasteiger partial charge in [0.05, 0.1) is 11.6 Å². The van der Waals surface area contributed by atoms with Gasteiger partial charge in [0.15, 0.2) is 0 Å². The van der Waals surface area contributed by atoms with E-state index in [1.54, 1.807) is 12.1 Å². The molecule has 2 N–H and O–H groups in total. The second-order valence-corrected chi connectivity index (χ2v) is 5.62. The molecule has 20 heavy (non-hydrogen) atoms. The summed E-state index contributed by atoms with van der Waals surface area (Å²) in [7, 11) is 0. The van der Waals surface area contributed by atoms with E-state index in [4.69, 9.17) is 38.4 Å². The third-order valence-corrected chi connectivity index (χ3v) is 3.89. The third-order valence-electron chi connectivity index (χ3n) is 3.39. The molecule has 0 bridgehead atoms. The Morgan fingerprint density at radius 1 is 1.45 bits per heavy atom. The van der Waals surface area contributed by atoms with Crippen LogP contribution < -0.4 is 10.5 Å². The van der Waals surface area contributed by atoms with Crippen molar-refractivity contribution in [3.63, 3.8) is 0 Å². The lowest BCUT2D eigenvalue weighted by Crippen LogP contribution is -2.44. The molecule has 0 spiro atoms. The zero-order valence-electron chi connectivity index (χ0n) is 11.6. The van der Waals surface area contributed by atoms with Gasteiger partial charge in [0.1, 0.15) is 18.5 Å². The molecule has 0 amide bonds. The number of hydrogen-bond donors (Lipinski definition) is 1. The Morgan fingerprint density at radius 3 is 2.95 bits per heavy atom. The van der Waals surface area contributed by atoms with Crippen LogP contribution in [0.2, 0.25) is 10.0 Å². The molecule has 0 saturated carbocycles. The molecule has 1 fully saturated rings. The van der Waals surface area contributed by atoms with E-state index in [0.29, 0.717) is 28.9 Å². The van der Waals surface area contributed by atoms with Crippen molar-refractivity contribution in [1.29, 1.82) is 0 Å². The van der Waals surface area contributed by atoms with Gasteiger partial charge in [0.2, 0.25) is 0 Å². The van der Waals surface area contributed by atoms with Crippen LogP contribution >= 0.6 is 23.2 Å². The van der Waals surface area contributed by atoms with Crippen molar-refractivity contribution in [3.8, 4) is 5.75 Å². The zero-order chi connectivity index (χ0) is 14.5. The molecule has 1 unspecified atom stereocenters. The SMILES string of the molecule is CCN1CCOC(COc2c(Cl)cc(Cl)cc2CN)C1. The van der Waals surface area contributed by atoms with Crippen LogP contribution in [0.25, 0.3) is 0 Å². The highest BCUT2D eigenvalue weighted by Crippen LogP contribution is 2.32. The summed E-state index contributed by atoms with van der Waals surface area (Å²) in [6, 6.07) is 3.44. The van der Waals surface area contributed by atoms with Crippen LogP contribution in [0.4, 0.5) is 0 Å². The van der Waals surface area contributed by atoms with E-state index in [9.17, 15) is 0 Å². The Morgan fingerprint density at radius 2 is 2.25 bits per heavy atom. The number of halogens is 2. The molecule has 4 nitrogen and oxygen atoms in total. The van der Waals surface area contributed by atoms with E-state index in [0.717, 1.165) is 31.8 Å². The Balaban J connectivity index is 2.00. The molecule has 2 rings (SSSR count). The van der Waals surface area contributed by atoms with Crippen molar-refractivity contribution in [2.75, 3.05) is 32.8 Å². The van der Waals surface area contributed by atoms with Crippen molar-refractivity contribution < 1.29 is 9.47 Å². The van der Waals surface area contributed by atoms with Crippen molar-refractivity contribution in [2.45, 2.75) is 19.6 Å². The number of likely N-dealkylation sites (N-methyl/N-ethyl adjacent to an activating group) is 1. The Bertz CT molecular complexity index is 457. The molecule has 1 heterocycles. The number of hydrogen-bond acceptors (Lipinski definition) is 4. The first-order chi connectivity index (χ1) is 9.63. The maximum absolute atomic E-state index is 6.17. The molecule has 1 aliphatic heterocycles. The number of nitrogens with zero attached hydrogens (tertiary/aromatic N) is 1. The molecule has 1 aromatic carbocycles. The van der Waals surface area contributed by atoms with E-state index in [1.807, 2.05) is 0 Å². The topological polar surface area (TPSA) is 47.7 Å². The number of rotatable bonds is 5. The standard InChI is InChI=1S/C14H20Cl2N2O2/c1-2-18-3-4-19-12(8-18)9-20-14-10(7-17)5-11(15)6-13(14)16/h5-6,12H,2-4,7-9,17H2,1H3. The average Bonchev–Trinajstić information content (AvgIpc) is 2.45. The minimum absolute atomic E-state index is 0.0565. The van der Waals surface area contributed by atoms with Crippen LogP contribution in [-0.2, 0) is 11.3 Å². The molecule has 6 heteroatoms. The number of morpholine rings is 1. The van der Waals surface area contributed by atoms with Gasteiger partial charge in [-0.3, -0.25) is 4.90 Å². The van der Waals surface area contributed by atoms with Gasteiger partial charge in [-0.2, -0.15) is 0 Å². The smallest absolute Gasteiger partial charge is 0.142 e. The zero-order valence-corrected chi connectivity index (χ0v) is 13.1. The van der Waals surface area contributed by atoms with Gasteiger partial charge in [-0.05, 0) is 18.7 Å². The molecular formula is C14H20Cl2N2O2. The van der Waals surface area contributed by atoms with Gasteiger partial charge in [0.25, 0.3) is 0 Å². The molecule has 1 saturated heterocycles. The van der Waals surface area contributed by atoms with Crippen LogP contribution in [0.3, 0.4) is 0 Å². The fourth-order valence-electron chi connectivity index (χ4n) is 2.27. The summed E-state index contributed by atoms with van der Waals surface area (Å²) in [5.74, 6) is 0.607. The Kier molecular flexibility index (Phi) is 5.93. The summed E-state index contributed by atoms with van der Waals surface area (Å²) in [5, 5.41) is 1.05. The van der Waals surface area contributed by atoms with Gasteiger partial charge < -0.3 is 15.2 Å². The highest BCUT2D eigenvalue weighted by molar-refractivity contribution is 6.35. The Hall–Kier alpha value is -0.520. The largest absolute Gasteiger partial charge is 0.489 e. The van der Waals surface area contributed by atoms with Crippen LogP contribution in [0, 0.1) is 0 Å². The van der Waals surface area contributed by atoms with Gasteiger partial charge in [0, 0.05) is 30.2 Å². The van der Waals surface area contributed by atoms with Crippen LogP contribution in [0.5, 0.6) is 5.75 Å². The van der Waals surface area contributed by atoms with E-state index >= 15 is 0 Å². The van der Waals surface area contributed by atoms with Crippen LogP contribution in [0.15, 0.2) is 12.1 Å². The first-order valence-corrected chi connectivity index (χ1v) is 7.54. The quantitative estimate of drug-likeness (QED) is 0.906. The summed E-state index contributed by atoms with van der Waals surface area (Å²) in [6.07, 6.45) is 0.0565. The lowest BCUT2D eigenvalue weighted by atomic mass is 10.2. The van der Waals surface area contributed by atoms with Crippen molar-refractivity contribution in [3.05, 3.63) is 27.7 Å². The lowest BCUT2D eigenvalue weighted by Gasteiger charge is -2.32. The summed E-state index contributed by atoms with van der Waals surface area (Å²) in [6.45, 7) is 6.55. The maximum Gasteiger partial charge on any atom is 0.142 e. The lowest BCUT2D eigenvalue weighted by molar-refractivity contribution is -0.0465. The number of benzene rings is 1. The highest BCUT2D eigenvalue weighted by Gasteiger charge is 2.21. The summed E-state index contributed by atoms with van der Waals surface area (Å²) < 4.78 is 11.5. The maximum atomic E-state index is 6.17. The monoisotopic (exact) mass is 318 g/mol. The minimum atomic E-state index is 0.0565. The van der Waals surface area contributed by atoms with Crippen LogP contribution in [0.1, 0.15) is 12.5 Å². The fraction of sp³-hybridized carbons (Fsp3) is 0.571. The summed E-state index contributed by atoms with van der Waals surface area (Å²) in [4.78, 5) is 2.34.